The average molecular weight is 141 g/mol. The monoisotopic (exact) mass is 141 g/mol. The number of hydrogen-bond donors (Lipinski definition) is 1. The van der Waals surface area contributed by atoms with Crippen LogP contribution in [0.15, 0.2) is 12.3 Å². The Morgan fingerprint density at radius 1 is 1.60 bits per heavy atom. The molecule has 0 saturated carbocycles. The summed E-state index contributed by atoms with van der Waals surface area (Å²) in [6.07, 6.45) is 0. The van der Waals surface area contributed by atoms with Gasteiger partial charge in [-0.15, -0.1) is 0 Å². The highest BCUT2D eigenvalue weighted by Gasteiger charge is 2.18. The molecule has 0 aromatic heterocycles. The smallest absolute Gasteiger partial charge is 0.0725 e. The Balaban J connectivity index is 2.17. The van der Waals surface area contributed by atoms with E-state index in [1.807, 2.05) is 0 Å². The van der Waals surface area contributed by atoms with E-state index < -0.39 is 0 Å². The van der Waals surface area contributed by atoms with Crippen molar-refractivity contribution in [3.8, 4) is 0 Å². The number of allylic oxidation sites excluding steroid dienone is 1. The predicted molar refractivity (Wildman–Crippen MR) is 41.7 cm³/mol. The second-order valence-electron chi connectivity index (χ2n) is 3.06. The van der Waals surface area contributed by atoms with Gasteiger partial charge in [0.05, 0.1) is 19.3 Å². The first-order chi connectivity index (χ1) is 4.70. The lowest BCUT2D eigenvalue weighted by atomic mass is 10.1. The van der Waals surface area contributed by atoms with Crippen LogP contribution in [0.4, 0.5) is 0 Å². The highest BCUT2D eigenvalue weighted by Crippen LogP contribution is 2.07. The van der Waals surface area contributed by atoms with E-state index in [2.05, 4.69) is 25.7 Å². The summed E-state index contributed by atoms with van der Waals surface area (Å²) in [5, 5.41) is 3.30. The van der Waals surface area contributed by atoms with Gasteiger partial charge < -0.3 is 10.1 Å². The van der Waals surface area contributed by atoms with Crippen molar-refractivity contribution in [1.82, 2.24) is 5.32 Å². The Hall–Kier alpha value is -0.500. The minimum atomic E-state index is 0.523. The Morgan fingerprint density at radius 2 is 2.20 bits per heavy atom. The molecular formula is C8H15NO. The molecule has 1 rings (SSSR count). The quantitative estimate of drug-likeness (QED) is 0.636. The van der Waals surface area contributed by atoms with Crippen LogP contribution in [-0.2, 0) is 4.74 Å². The van der Waals surface area contributed by atoms with Crippen LogP contribution in [0.25, 0.3) is 0 Å². The first kappa shape index (κ1) is 7.61. The van der Waals surface area contributed by atoms with Crippen molar-refractivity contribution in [2.45, 2.75) is 19.9 Å². The lowest BCUT2D eigenvalue weighted by Crippen LogP contribution is -2.45. The highest BCUT2D eigenvalue weighted by atomic mass is 16.5. The fraction of sp³-hybridized carbons (Fsp3) is 0.750. The molecule has 10 heavy (non-hydrogen) atoms. The molecule has 0 aliphatic carbocycles. The van der Waals surface area contributed by atoms with E-state index in [9.17, 15) is 0 Å². The molecule has 2 heteroatoms. The largest absolute Gasteiger partial charge is 0.381 e. The van der Waals surface area contributed by atoms with Gasteiger partial charge in [0.1, 0.15) is 0 Å². The average Bonchev–Trinajstić information content (AvgIpc) is 1.77. The van der Waals surface area contributed by atoms with Crippen molar-refractivity contribution in [2.24, 2.45) is 5.92 Å². The Morgan fingerprint density at radius 3 is 2.50 bits per heavy atom. The summed E-state index contributed by atoms with van der Waals surface area (Å²) in [6.45, 7) is 9.85. The topological polar surface area (TPSA) is 21.3 Å². The first-order valence-electron chi connectivity index (χ1n) is 3.73. The van der Waals surface area contributed by atoms with Crippen molar-refractivity contribution in [1.29, 1.82) is 0 Å². The molecule has 0 aromatic carbocycles. The second kappa shape index (κ2) is 3.06. The lowest BCUT2D eigenvalue weighted by Gasteiger charge is -2.29. The molecule has 0 atom stereocenters. The fourth-order valence-corrected chi connectivity index (χ4v) is 0.748. The van der Waals surface area contributed by atoms with E-state index in [1.165, 1.54) is 0 Å². The maximum atomic E-state index is 5.01. The molecule has 2 nitrogen and oxygen atoms in total. The first-order valence-corrected chi connectivity index (χ1v) is 3.73. The molecule has 58 valence electrons. The summed E-state index contributed by atoms with van der Waals surface area (Å²) in [5.74, 6) is 0.528. The third-order valence-corrected chi connectivity index (χ3v) is 1.72. The van der Waals surface area contributed by atoms with Gasteiger partial charge in [0.15, 0.2) is 0 Å². The van der Waals surface area contributed by atoms with Crippen LogP contribution in [0, 0.1) is 5.92 Å². The number of hydrogen-bond acceptors (Lipinski definition) is 2. The van der Waals surface area contributed by atoms with Crippen LogP contribution in [0.1, 0.15) is 13.8 Å². The molecule has 1 heterocycles. The summed E-state index contributed by atoms with van der Waals surface area (Å²) in [6, 6.07) is 0.523. The van der Waals surface area contributed by atoms with Gasteiger partial charge >= 0.3 is 0 Å². The van der Waals surface area contributed by atoms with Crippen LogP contribution >= 0.6 is 0 Å². The van der Waals surface area contributed by atoms with Gasteiger partial charge in [0.2, 0.25) is 0 Å². The van der Waals surface area contributed by atoms with Crippen molar-refractivity contribution in [2.75, 3.05) is 13.2 Å². The maximum Gasteiger partial charge on any atom is 0.0725 e. The van der Waals surface area contributed by atoms with Crippen LogP contribution in [0.2, 0.25) is 0 Å². The predicted octanol–water partition coefficient (Wildman–Crippen LogP) is 1.14. The van der Waals surface area contributed by atoms with Gasteiger partial charge in [-0.05, 0) is 5.92 Å². The van der Waals surface area contributed by atoms with Gasteiger partial charge in [-0.1, -0.05) is 20.4 Å². The fourth-order valence-electron chi connectivity index (χ4n) is 0.748. The molecule has 0 spiro atoms. The number of ether oxygens (including phenoxy) is 1. The normalized spacial score (nSPS) is 18.7. The van der Waals surface area contributed by atoms with E-state index in [4.69, 9.17) is 4.74 Å². The van der Waals surface area contributed by atoms with E-state index >= 15 is 0 Å². The Bertz CT molecular complexity index is 127. The van der Waals surface area contributed by atoms with Crippen molar-refractivity contribution in [3.05, 3.63) is 12.3 Å². The zero-order valence-electron chi connectivity index (χ0n) is 6.68. The van der Waals surface area contributed by atoms with Gasteiger partial charge in [0, 0.05) is 5.70 Å². The summed E-state index contributed by atoms with van der Waals surface area (Å²) < 4.78 is 5.01. The molecule has 1 fully saturated rings. The minimum absolute atomic E-state index is 0.523. The Kier molecular flexibility index (Phi) is 2.33. The number of nitrogens with one attached hydrogen (secondary N) is 1. The van der Waals surface area contributed by atoms with Crippen molar-refractivity contribution in [3.63, 3.8) is 0 Å². The molecular weight excluding hydrogens is 126 g/mol. The van der Waals surface area contributed by atoms with E-state index in [1.54, 1.807) is 0 Å². The van der Waals surface area contributed by atoms with Crippen LogP contribution in [0.3, 0.4) is 0 Å². The lowest BCUT2D eigenvalue weighted by molar-refractivity contribution is -0.00165. The molecule has 0 radical (unpaired) electrons. The molecule has 1 N–H and O–H groups in total. The zero-order chi connectivity index (χ0) is 7.56. The summed E-state index contributed by atoms with van der Waals surface area (Å²) in [4.78, 5) is 0. The van der Waals surface area contributed by atoms with Gasteiger partial charge in [-0.25, -0.2) is 0 Å². The summed E-state index contributed by atoms with van der Waals surface area (Å²) in [7, 11) is 0. The molecule has 1 saturated heterocycles. The third kappa shape index (κ3) is 1.74. The van der Waals surface area contributed by atoms with Gasteiger partial charge in [-0.3, -0.25) is 0 Å². The zero-order valence-corrected chi connectivity index (χ0v) is 6.68. The van der Waals surface area contributed by atoms with Crippen molar-refractivity contribution < 1.29 is 4.74 Å². The van der Waals surface area contributed by atoms with Gasteiger partial charge in [-0.2, -0.15) is 0 Å². The molecule has 0 bridgehead atoms. The maximum absolute atomic E-state index is 5.01. The summed E-state index contributed by atoms with van der Waals surface area (Å²) >= 11 is 0. The molecule has 1 aliphatic rings. The SMILES string of the molecule is C=C(NC1COC1)C(C)C. The molecule has 0 amide bonds. The number of rotatable bonds is 3. The molecule has 0 unspecified atom stereocenters. The van der Waals surface area contributed by atoms with Crippen molar-refractivity contribution >= 4 is 0 Å². The van der Waals surface area contributed by atoms with Crippen LogP contribution < -0.4 is 5.32 Å². The van der Waals surface area contributed by atoms with Gasteiger partial charge in [0.25, 0.3) is 0 Å². The standard InChI is InChI=1S/C8H15NO/c1-6(2)7(3)9-8-4-10-5-8/h6,8-9H,3-5H2,1-2H3. The van der Waals surface area contributed by atoms with Crippen LogP contribution in [-0.4, -0.2) is 19.3 Å². The Labute approximate surface area is 62.3 Å². The van der Waals surface area contributed by atoms with E-state index in [0.29, 0.717) is 12.0 Å². The molecule has 1 aliphatic heterocycles. The van der Waals surface area contributed by atoms with Crippen LogP contribution in [0.5, 0.6) is 0 Å². The minimum Gasteiger partial charge on any atom is -0.381 e. The third-order valence-electron chi connectivity index (χ3n) is 1.72. The second-order valence-corrected chi connectivity index (χ2v) is 3.06. The summed E-state index contributed by atoms with van der Waals surface area (Å²) in [5.41, 5.74) is 1.12. The van der Waals surface area contributed by atoms with E-state index in [-0.39, 0.29) is 0 Å². The molecule has 0 aromatic rings. The van der Waals surface area contributed by atoms with E-state index in [0.717, 1.165) is 18.9 Å². The highest BCUT2D eigenvalue weighted by molar-refractivity contribution is 4.98.